The fourth-order valence-electron chi connectivity index (χ4n) is 2.21. The summed E-state index contributed by atoms with van der Waals surface area (Å²) >= 11 is 0. The molecule has 1 rings (SSSR count). The van der Waals surface area contributed by atoms with Gasteiger partial charge in [-0.2, -0.15) is 4.31 Å². The highest BCUT2D eigenvalue weighted by Gasteiger charge is 2.33. The molecular weight excluding hydrogens is 268 g/mol. The molecule has 6 nitrogen and oxygen atoms in total. The predicted octanol–water partition coefficient (Wildman–Crippen LogP) is 0.343. The van der Waals surface area contributed by atoms with Crippen molar-refractivity contribution in [3.63, 3.8) is 0 Å². The van der Waals surface area contributed by atoms with Crippen molar-refractivity contribution >= 4 is 15.9 Å². The van der Waals surface area contributed by atoms with Gasteiger partial charge in [0, 0.05) is 26.3 Å². The van der Waals surface area contributed by atoms with E-state index < -0.39 is 16.1 Å². The van der Waals surface area contributed by atoms with Gasteiger partial charge in [0.15, 0.2) is 0 Å². The van der Waals surface area contributed by atoms with Gasteiger partial charge in [-0.1, -0.05) is 6.42 Å². The van der Waals surface area contributed by atoms with Gasteiger partial charge in [0.25, 0.3) is 0 Å². The number of nitrogens with zero attached hydrogens (tertiary/aromatic N) is 1. The number of carbonyl (C=O) groups is 1. The highest BCUT2D eigenvalue weighted by molar-refractivity contribution is 7.88. The fraction of sp³-hybridized carbons (Fsp3) is 0.917. The first kappa shape index (κ1) is 16.4. The second-order valence-corrected chi connectivity index (χ2v) is 6.66. The molecule has 7 heteroatoms. The van der Waals surface area contributed by atoms with E-state index in [1.165, 1.54) is 4.31 Å². The molecule has 0 saturated carbocycles. The molecule has 1 N–H and O–H groups in total. The maximum Gasteiger partial charge on any atom is 0.238 e. The highest BCUT2D eigenvalue weighted by atomic mass is 32.2. The third-order valence-electron chi connectivity index (χ3n) is 3.15. The lowest BCUT2D eigenvalue weighted by Crippen LogP contribution is -2.51. The molecule has 1 aliphatic rings. The van der Waals surface area contributed by atoms with E-state index in [-0.39, 0.29) is 5.91 Å². The van der Waals surface area contributed by atoms with Gasteiger partial charge in [-0.15, -0.1) is 0 Å². The van der Waals surface area contributed by atoms with Gasteiger partial charge in [-0.25, -0.2) is 8.42 Å². The summed E-state index contributed by atoms with van der Waals surface area (Å²) in [5, 5.41) is 2.79. The first-order chi connectivity index (χ1) is 8.96. The normalized spacial score (nSPS) is 21.3. The van der Waals surface area contributed by atoms with Gasteiger partial charge in [-0.3, -0.25) is 4.79 Å². The number of rotatable bonds is 7. The van der Waals surface area contributed by atoms with Crippen molar-refractivity contribution in [2.24, 2.45) is 0 Å². The number of sulfonamides is 1. The number of hydrogen-bond donors (Lipinski definition) is 1. The van der Waals surface area contributed by atoms with E-state index in [2.05, 4.69) is 5.32 Å². The van der Waals surface area contributed by atoms with Gasteiger partial charge >= 0.3 is 0 Å². The summed E-state index contributed by atoms with van der Waals surface area (Å²) in [4.78, 5) is 12.0. The average Bonchev–Trinajstić information content (AvgIpc) is 2.37. The van der Waals surface area contributed by atoms with Crippen LogP contribution in [0.1, 0.15) is 32.6 Å². The maximum atomic E-state index is 12.0. The van der Waals surface area contributed by atoms with E-state index in [0.29, 0.717) is 32.7 Å². The minimum absolute atomic E-state index is 0.193. The number of carbonyl (C=O) groups excluding carboxylic acids is 1. The molecule has 0 aromatic carbocycles. The van der Waals surface area contributed by atoms with Crippen LogP contribution in [0.5, 0.6) is 0 Å². The van der Waals surface area contributed by atoms with Crippen LogP contribution in [-0.2, 0) is 19.6 Å². The number of amides is 1. The minimum atomic E-state index is -3.31. The lowest BCUT2D eigenvalue weighted by molar-refractivity contribution is -0.125. The molecule has 0 aromatic rings. The van der Waals surface area contributed by atoms with Gasteiger partial charge in [0.1, 0.15) is 6.04 Å². The van der Waals surface area contributed by atoms with E-state index in [9.17, 15) is 13.2 Å². The number of nitrogens with one attached hydrogen (secondary N) is 1. The summed E-state index contributed by atoms with van der Waals surface area (Å²) < 4.78 is 29.8. The van der Waals surface area contributed by atoms with Crippen molar-refractivity contribution in [3.05, 3.63) is 0 Å². The number of piperidine rings is 1. The molecule has 1 amide bonds. The Hall–Kier alpha value is -0.660. The molecule has 0 spiro atoms. The van der Waals surface area contributed by atoms with Crippen LogP contribution in [0.4, 0.5) is 0 Å². The first-order valence-electron chi connectivity index (χ1n) is 6.79. The molecule has 112 valence electrons. The van der Waals surface area contributed by atoms with Crippen molar-refractivity contribution in [3.8, 4) is 0 Å². The summed E-state index contributed by atoms with van der Waals surface area (Å²) in [6.07, 6.45) is 4.22. The van der Waals surface area contributed by atoms with Gasteiger partial charge in [0.2, 0.25) is 15.9 Å². The lowest BCUT2D eigenvalue weighted by atomic mass is 10.0. The van der Waals surface area contributed by atoms with Crippen LogP contribution in [0.15, 0.2) is 0 Å². The molecule has 1 aliphatic heterocycles. The van der Waals surface area contributed by atoms with E-state index in [1.54, 1.807) is 0 Å². The predicted molar refractivity (Wildman–Crippen MR) is 73.3 cm³/mol. The van der Waals surface area contributed by atoms with Gasteiger partial charge in [-0.05, 0) is 26.2 Å². The van der Waals surface area contributed by atoms with Crippen LogP contribution in [0.3, 0.4) is 0 Å². The molecule has 1 fully saturated rings. The maximum absolute atomic E-state index is 12.0. The van der Waals surface area contributed by atoms with Crippen molar-refractivity contribution in [1.82, 2.24) is 9.62 Å². The zero-order chi connectivity index (χ0) is 14.3. The van der Waals surface area contributed by atoms with Crippen molar-refractivity contribution in [2.45, 2.75) is 38.6 Å². The summed E-state index contributed by atoms with van der Waals surface area (Å²) in [5.74, 6) is -0.193. The largest absolute Gasteiger partial charge is 0.382 e. The molecule has 0 aliphatic carbocycles. The van der Waals surface area contributed by atoms with Gasteiger partial charge in [0.05, 0.1) is 6.26 Å². The lowest BCUT2D eigenvalue weighted by Gasteiger charge is -2.32. The molecule has 1 saturated heterocycles. The van der Waals surface area contributed by atoms with E-state index in [0.717, 1.165) is 25.5 Å². The number of hydrogen-bond acceptors (Lipinski definition) is 4. The standard InChI is InChI=1S/C12H24N2O4S/c1-3-18-10-6-8-13-12(15)11-7-4-5-9-14(11)19(2,16)17/h11H,3-10H2,1-2H3,(H,13,15)/t11-/m0/s1. The Bertz CT molecular complexity index is 383. The van der Waals surface area contributed by atoms with Crippen LogP contribution in [0.25, 0.3) is 0 Å². The third-order valence-corrected chi connectivity index (χ3v) is 4.44. The first-order valence-corrected chi connectivity index (χ1v) is 8.64. The Labute approximate surface area is 115 Å². The summed E-state index contributed by atoms with van der Waals surface area (Å²) in [7, 11) is -3.31. The smallest absolute Gasteiger partial charge is 0.238 e. The zero-order valence-electron chi connectivity index (χ0n) is 11.7. The van der Waals surface area contributed by atoms with Crippen LogP contribution < -0.4 is 5.32 Å². The SMILES string of the molecule is CCOCCCNC(=O)[C@@H]1CCCCN1S(C)(=O)=O. The summed E-state index contributed by atoms with van der Waals surface area (Å²) in [5.41, 5.74) is 0. The third kappa shape index (κ3) is 5.46. The van der Waals surface area contributed by atoms with Crippen LogP contribution in [-0.4, -0.2) is 57.2 Å². The molecule has 0 aromatic heterocycles. The quantitative estimate of drug-likeness (QED) is 0.687. The highest BCUT2D eigenvalue weighted by Crippen LogP contribution is 2.19. The Morgan fingerprint density at radius 1 is 1.42 bits per heavy atom. The Kier molecular flexibility index (Phi) is 6.74. The molecule has 1 atom stereocenters. The molecule has 0 bridgehead atoms. The van der Waals surface area contributed by atoms with Crippen molar-refractivity contribution in [1.29, 1.82) is 0 Å². The van der Waals surface area contributed by atoms with Crippen LogP contribution in [0, 0.1) is 0 Å². The minimum Gasteiger partial charge on any atom is -0.382 e. The monoisotopic (exact) mass is 292 g/mol. The van der Waals surface area contributed by atoms with E-state index in [4.69, 9.17) is 4.74 Å². The van der Waals surface area contributed by atoms with Crippen LogP contribution >= 0.6 is 0 Å². The molecule has 0 unspecified atom stereocenters. The van der Waals surface area contributed by atoms with E-state index in [1.807, 2.05) is 6.92 Å². The fourth-order valence-corrected chi connectivity index (χ4v) is 3.34. The summed E-state index contributed by atoms with van der Waals surface area (Å²) in [6.45, 7) is 4.16. The Morgan fingerprint density at radius 2 is 2.16 bits per heavy atom. The van der Waals surface area contributed by atoms with E-state index >= 15 is 0 Å². The van der Waals surface area contributed by atoms with Crippen LogP contribution in [0.2, 0.25) is 0 Å². The number of ether oxygens (including phenoxy) is 1. The average molecular weight is 292 g/mol. The van der Waals surface area contributed by atoms with Crippen molar-refractivity contribution < 1.29 is 17.9 Å². The molecule has 19 heavy (non-hydrogen) atoms. The van der Waals surface area contributed by atoms with Gasteiger partial charge < -0.3 is 10.1 Å². The Balaban J connectivity index is 2.44. The zero-order valence-corrected chi connectivity index (χ0v) is 12.5. The van der Waals surface area contributed by atoms with Crippen molar-refractivity contribution in [2.75, 3.05) is 32.6 Å². The second-order valence-electron chi connectivity index (χ2n) is 4.73. The molecule has 1 heterocycles. The second kappa shape index (κ2) is 7.81. The molecule has 0 radical (unpaired) electrons. The Morgan fingerprint density at radius 3 is 2.79 bits per heavy atom. The molecular formula is C12H24N2O4S. The topological polar surface area (TPSA) is 75.7 Å². The summed E-state index contributed by atoms with van der Waals surface area (Å²) in [6, 6.07) is -0.546.